The molecule has 0 saturated heterocycles. The van der Waals surface area contributed by atoms with Crippen molar-refractivity contribution in [1.82, 2.24) is 0 Å². The van der Waals surface area contributed by atoms with Crippen LogP contribution in [0.5, 0.6) is 0 Å². The van der Waals surface area contributed by atoms with Crippen LogP contribution >= 0.6 is 0 Å². The summed E-state index contributed by atoms with van der Waals surface area (Å²) in [6.07, 6.45) is 0. The zero-order valence-electron chi connectivity index (χ0n) is 6.34. The highest BCUT2D eigenvalue weighted by Crippen LogP contribution is 2.20. The van der Waals surface area contributed by atoms with E-state index in [0.717, 1.165) is 0 Å². The van der Waals surface area contributed by atoms with Gasteiger partial charge in [0.05, 0.1) is 0 Å². The number of carbonyl (C=O) groups is 1. The van der Waals surface area contributed by atoms with Crippen LogP contribution in [0.3, 0.4) is 0 Å². The maximum absolute atomic E-state index is 10.5. The van der Waals surface area contributed by atoms with Gasteiger partial charge >= 0.3 is 5.97 Å². The highest BCUT2D eigenvalue weighted by molar-refractivity contribution is 6.00. The van der Waals surface area contributed by atoms with Gasteiger partial charge < -0.3 is 4.74 Å². The number of ether oxygens (including phenoxy) is 1. The second kappa shape index (κ2) is 2.08. The van der Waals surface area contributed by atoms with E-state index in [9.17, 15) is 4.79 Å². The van der Waals surface area contributed by atoms with Crippen LogP contribution in [0.1, 0.15) is 20.8 Å². The van der Waals surface area contributed by atoms with Crippen molar-refractivity contribution in [2.75, 3.05) is 0 Å². The molecule has 0 amide bonds. The smallest absolute Gasteiger partial charge is 0.340 e. The average molecular weight is 140 g/mol. The zero-order chi connectivity index (χ0) is 7.78. The molecule has 3 heteroatoms. The van der Waals surface area contributed by atoms with Crippen molar-refractivity contribution in [3.63, 3.8) is 0 Å². The van der Waals surface area contributed by atoms with Crippen molar-refractivity contribution in [2.45, 2.75) is 20.8 Å². The van der Waals surface area contributed by atoms with Crippen molar-refractivity contribution in [2.24, 2.45) is 10.4 Å². The van der Waals surface area contributed by atoms with Gasteiger partial charge in [-0.05, 0) is 0 Å². The standard InChI is InChI=1S/C7H10NO2/c1-7(2,3)6-8-4-5(9)10-6/h4H,1-3H3. The van der Waals surface area contributed by atoms with Gasteiger partial charge in [0.2, 0.25) is 0 Å². The zero-order valence-corrected chi connectivity index (χ0v) is 6.34. The van der Waals surface area contributed by atoms with E-state index >= 15 is 0 Å². The number of carbonyl (C=O) groups excluding carboxylic acids is 1. The van der Waals surface area contributed by atoms with E-state index in [1.54, 1.807) is 0 Å². The third-order valence-electron chi connectivity index (χ3n) is 1.13. The van der Waals surface area contributed by atoms with Crippen LogP contribution in [0, 0.1) is 12.0 Å². The lowest BCUT2D eigenvalue weighted by Gasteiger charge is -2.15. The summed E-state index contributed by atoms with van der Waals surface area (Å²) >= 11 is 0. The fourth-order valence-corrected chi connectivity index (χ4v) is 0.606. The molecule has 1 aliphatic rings. The molecular weight excluding hydrogens is 130 g/mol. The number of aliphatic imine (C=N–C) groups is 1. The molecule has 0 bridgehead atoms. The summed E-state index contributed by atoms with van der Waals surface area (Å²) in [5.74, 6) is 0.127. The summed E-state index contributed by atoms with van der Waals surface area (Å²) in [6.45, 7) is 7.02. The SMILES string of the molecule is CC(C)(C)C1=N[CH]C(=O)O1. The first-order chi connectivity index (χ1) is 4.50. The van der Waals surface area contributed by atoms with Crippen molar-refractivity contribution in [3.05, 3.63) is 6.54 Å². The normalized spacial score (nSPS) is 18.7. The predicted octanol–water partition coefficient (Wildman–Crippen LogP) is 1.15. The Kier molecular flexibility index (Phi) is 1.50. The summed E-state index contributed by atoms with van der Waals surface area (Å²) in [6, 6.07) is 0. The minimum absolute atomic E-state index is 0.164. The van der Waals surface area contributed by atoms with E-state index in [1.807, 2.05) is 20.8 Å². The maximum atomic E-state index is 10.5. The quantitative estimate of drug-likeness (QED) is 0.473. The third-order valence-corrected chi connectivity index (χ3v) is 1.13. The van der Waals surface area contributed by atoms with Crippen molar-refractivity contribution < 1.29 is 9.53 Å². The molecule has 1 radical (unpaired) electrons. The molecule has 0 atom stereocenters. The summed E-state index contributed by atoms with van der Waals surface area (Å²) in [4.78, 5) is 14.3. The molecule has 0 aromatic carbocycles. The van der Waals surface area contributed by atoms with Crippen molar-refractivity contribution in [3.8, 4) is 0 Å². The average Bonchev–Trinajstić information content (AvgIpc) is 2.11. The Morgan fingerprint density at radius 2 is 2.10 bits per heavy atom. The van der Waals surface area contributed by atoms with E-state index in [4.69, 9.17) is 4.74 Å². The Morgan fingerprint density at radius 3 is 2.30 bits per heavy atom. The molecule has 0 aromatic rings. The minimum Gasteiger partial charge on any atom is -0.410 e. The monoisotopic (exact) mass is 140 g/mol. The van der Waals surface area contributed by atoms with Gasteiger partial charge in [-0.25, -0.2) is 9.79 Å². The molecular formula is C7H10NO2. The number of nitrogens with zero attached hydrogens (tertiary/aromatic N) is 1. The Balaban J connectivity index is 2.69. The lowest BCUT2D eigenvalue weighted by atomic mass is 9.97. The van der Waals surface area contributed by atoms with E-state index in [0.29, 0.717) is 5.90 Å². The Labute approximate surface area is 60.1 Å². The highest BCUT2D eigenvalue weighted by atomic mass is 16.6. The molecule has 55 valence electrons. The van der Waals surface area contributed by atoms with Crippen LogP contribution in [0.2, 0.25) is 0 Å². The molecule has 0 unspecified atom stereocenters. The summed E-state index contributed by atoms with van der Waals surface area (Å²) in [5, 5.41) is 0. The molecule has 0 N–H and O–H groups in total. The lowest BCUT2D eigenvalue weighted by Crippen LogP contribution is -2.21. The minimum atomic E-state index is -0.370. The van der Waals surface area contributed by atoms with Crippen LogP contribution < -0.4 is 0 Å². The summed E-state index contributed by atoms with van der Waals surface area (Å²) < 4.78 is 4.78. The third kappa shape index (κ3) is 1.35. The van der Waals surface area contributed by atoms with Crippen molar-refractivity contribution in [1.29, 1.82) is 0 Å². The van der Waals surface area contributed by atoms with Gasteiger partial charge in [-0.3, -0.25) is 0 Å². The number of cyclic esters (lactones) is 1. The second-order valence-electron chi connectivity index (χ2n) is 3.23. The molecule has 3 nitrogen and oxygen atoms in total. The van der Waals surface area contributed by atoms with Gasteiger partial charge in [-0.15, -0.1) is 0 Å². The molecule has 0 aliphatic carbocycles. The van der Waals surface area contributed by atoms with E-state index in [2.05, 4.69) is 4.99 Å². The molecule has 0 saturated carbocycles. The topological polar surface area (TPSA) is 38.7 Å². The van der Waals surface area contributed by atoms with E-state index < -0.39 is 0 Å². The van der Waals surface area contributed by atoms with Gasteiger partial charge in [0.1, 0.15) is 0 Å². The Bertz CT molecular complexity index is 188. The molecule has 10 heavy (non-hydrogen) atoms. The second-order valence-corrected chi connectivity index (χ2v) is 3.23. The van der Waals surface area contributed by atoms with Crippen LogP contribution in [-0.2, 0) is 9.53 Å². The first-order valence-electron chi connectivity index (χ1n) is 3.13. The van der Waals surface area contributed by atoms with Gasteiger partial charge in [0, 0.05) is 5.41 Å². The first-order valence-corrected chi connectivity index (χ1v) is 3.13. The Hall–Kier alpha value is -0.860. The lowest BCUT2D eigenvalue weighted by molar-refractivity contribution is -0.130. The summed E-state index contributed by atoms with van der Waals surface area (Å²) in [5.41, 5.74) is -0.164. The van der Waals surface area contributed by atoms with E-state index in [-0.39, 0.29) is 11.4 Å². The fraction of sp³-hybridized carbons (Fsp3) is 0.571. The van der Waals surface area contributed by atoms with Gasteiger partial charge in [0.15, 0.2) is 12.4 Å². The summed E-state index contributed by atoms with van der Waals surface area (Å²) in [7, 11) is 0. The molecule has 1 rings (SSSR count). The molecule has 1 aliphatic heterocycles. The molecule has 1 heterocycles. The number of hydrogen-bond donors (Lipinski definition) is 0. The first kappa shape index (κ1) is 7.25. The number of rotatable bonds is 0. The van der Waals surface area contributed by atoms with Gasteiger partial charge in [-0.2, -0.15) is 0 Å². The largest absolute Gasteiger partial charge is 0.410 e. The maximum Gasteiger partial charge on any atom is 0.340 e. The molecule has 0 spiro atoms. The highest BCUT2D eigenvalue weighted by Gasteiger charge is 2.27. The van der Waals surface area contributed by atoms with E-state index in [1.165, 1.54) is 6.54 Å². The van der Waals surface area contributed by atoms with Gasteiger partial charge in [0.25, 0.3) is 0 Å². The number of hydrogen-bond acceptors (Lipinski definition) is 3. The van der Waals surface area contributed by atoms with Crippen LogP contribution in [-0.4, -0.2) is 11.9 Å². The van der Waals surface area contributed by atoms with Crippen LogP contribution in [0.15, 0.2) is 4.99 Å². The van der Waals surface area contributed by atoms with Crippen LogP contribution in [0.4, 0.5) is 0 Å². The molecule has 0 fully saturated rings. The molecule has 0 aromatic heterocycles. The Morgan fingerprint density at radius 1 is 1.50 bits per heavy atom. The van der Waals surface area contributed by atoms with Gasteiger partial charge in [-0.1, -0.05) is 20.8 Å². The van der Waals surface area contributed by atoms with Crippen LogP contribution in [0.25, 0.3) is 0 Å². The number of esters is 1. The fourth-order valence-electron chi connectivity index (χ4n) is 0.606. The van der Waals surface area contributed by atoms with Crippen molar-refractivity contribution >= 4 is 11.9 Å². The predicted molar refractivity (Wildman–Crippen MR) is 37.3 cm³/mol.